The Morgan fingerprint density at radius 2 is 1.73 bits per heavy atom. The average molecular weight is 567 g/mol. The van der Waals surface area contributed by atoms with Gasteiger partial charge < -0.3 is 26.6 Å². The highest BCUT2D eigenvalue weighted by molar-refractivity contribution is 5.95. The third-order valence-electron chi connectivity index (χ3n) is 7.34. The molecule has 2 aromatic carbocycles. The molecular weight excluding hydrogens is 528 g/mol. The van der Waals surface area contributed by atoms with Gasteiger partial charge in [-0.3, -0.25) is 29.3 Å². The summed E-state index contributed by atoms with van der Waals surface area (Å²) in [7, 11) is 1.65. The van der Waals surface area contributed by atoms with Crippen LogP contribution in [-0.2, 0) is 25.6 Å². The lowest BCUT2D eigenvalue weighted by molar-refractivity contribution is -0.384. The number of carbonyl (C=O) groups is 4. The van der Waals surface area contributed by atoms with E-state index >= 15 is 0 Å². The van der Waals surface area contributed by atoms with E-state index in [1.54, 1.807) is 50.4 Å². The maximum absolute atomic E-state index is 13.4. The van der Waals surface area contributed by atoms with Crippen molar-refractivity contribution in [3.8, 4) is 11.1 Å². The van der Waals surface area contributed by atoms with Crippen LogP contribution in [0.2, 0.25) is 0 Å². The molecule has 12 heteroatoms. The lowest BCUT2D eigenvalue weighted by Crippen LogP contribution is -2.58. The maximum atomic E-state index is 13.4. The second-order valence-electron chi connectivity index (χ2n) is 10.6. The molecule has 2 aromatic rings. The van der Waals surface area contributed by atoms with E-state index in [0.29, 0.717) is 24.9 Å². The number of carbonyl (C=O) groups excluding carboxylic acids is 4. The highest BCUT2D eigenvalue weighted by Gasteiger charge is 2.39. The van der Waals surface area contributed by atoms with Gasteiger partial charge in [-0.1, -0.05) is 50.2 Å². The van der Waals surface area contributed by atoms with Crippen molar-refractivity contribution in [3.63, 3.8) is 0 Å². The van der Waals surface area contributed by atoms with Gasteiger partial charge in [0.25, 0.3) is 5.69 Å². The standard InChI is InChI=1S/C29H38N6O6/c1-17(2)25(33-27(37)18(3)31-4)29(39)34-14-6-9-24(34)28(38)32-23(26(30)36)15-19-10-12-20(13-11-19)21-7-5-8-22(16-21)35(40)41/h5,7-8,10-13,16-18,23-25,31H,6,9,14-15H2,1-4H3,(H2,30,36)(H,32,38)(H,33,37)/t18-,23-,24-,25-/m0/s1. The number of likely N-dealkylation sites (tertiary alicyclic amines) is 1. The molecule has 5 N–H and O–H groups in total. The summed E-state index contributed by atoms with van der Waals surface area (Å²) < 4.78 is 0. The number of hydrogen-bond acceptors (Lipinski definition) is 7. The number of nitrogens with two attached hydrogens (primary N) is 1. The topological polar surface area (TPSA) is 177 Å². The molecule has 0 saturated carbocycles. The molecule has 220 valence electrons. The zero-order chi connectivity index (χ0) is 30.3. The number of benzene rings is 2. The van der Waals surface area contributed by atoms with Crippen molar-refractivity contribution in [2.75, 3.05) is 13.6 Å². The zero-order valence-corrected chi connectivity index (χ0v) is 23.8. The summed E-state index contributed by atoms with van der Waals surface area (Å²) in [5.74, 6) is -2.06. The minimum atomic E-state index is -1.01. The first-order valence-corrected chi connectivity index (χ1v) is 13.6. The molecule has 1 heterocycles. The van der Waals surface area contributed by atoms with E-state index in [-0.39, 0.29) is 29.8 Å². The fourth-order valence-electron chi connectivity index (χ4n) is 4.76. The normalized spacial score (nSPS) is 17.0. The molecule has 12 nitrogen and oxygen atoms in total. The van der Waals surface area contributed by atoms with Gasteiger partial charge in [0.1, 0.15) is 18.1 Å². The predicted octanol–water partition coefficient (Wildman–Crippen LogP) is 1.51. The number of likely N-dealkylation sites (N-methyl/N-ethyl adjacent to an activating group) is 1. The Morgan fingerprint density at radius 1 is 1.05 bits per heavy atom. The lowest BCUT2D eigenvalue weighted by Gasteiger charge is -2.31. The number of nitrogens with zero attached hydrogens (tertiary/aromatic N) is 2. The lowest BCUT2D eigenvalue weighted by atomic mass is 9.99. The van der Waals surface area contributed by atoms with Crippen molar-refractivity contribution in [2.24, 2.45) is 11.7 Å². The van der Waals surface area contributed by atoms with Crippen molar-refractivity contribution in [1.29, 1.82) is 0 Å². The number of hydrogen-bond donors (Lipinski definition) is 4. The second kappa shape index (κ2) is 13.8. The van der Waals surface area contributed by atoms with Crippen LogP contribution in [-0.4, -0.2) is 71.2 Å². The molecule has 0 bridgehead atoms. The van der Waals surface area contributed by atoms with E-state index in [2.05, 4.69) is 16.0 Å². The first kappa shape index (κ1) is 31.2. The molecule has 1 saturated heterocycles. The average Bonchev–Trinajstić information content (AvgIpc) is 3.45. The Bertz CT molecular complexity index is 1280. The summed E-state index contributed by atoms with van der Waals surface area (Å²) in [6.07, 6.45) is 1.16. The van der Waals surface area contributed by atoms with Crippen LogP contribution in [0.15, 0.2) is 48.5 Å². The van der Waals surface area contributed by atoms with Crippen LogP contribution in [0.3, 0.4) is 0 Å². The smallest absolute Gasteiger partial charge is 0.270 e. The van der Waals surface area contributed by atoms with Crippen LogP contribution in [0, 0.1) is 16.0 Å². The molecule has 4 atom stereocenters. The van der Waals surface area contributed by atoms with Gasteiger partial charge in [-0.05, 0) is 49.4 Å². The monoisotopic (exact) mass is 566 g/mol. The van der Waals surface area contributed by atoms with Crippen LogP contribution in [0.5, 0.6) is 0 Å². The van der Waals surface area contributed by atoms with Gasteiger partial charge >= 0.3 is 0 Å². The van der Waals surface area contributed by atoms with Gasteiger partial charge in [-0.15, -0.1) is 0 Å². The molecule has 1 fully saturated rings. The minimum absolute atomic E-state index is 0.0165. The quantitative estimate of drug-likeness (QED) is 0.222. The molecule has 0 spiro atoms. The maximum Gasteiger partial charge on any atom is 0.270 e. The van der Waals surface area contributed by atoms with Crippen LogP contribution >= 0.6 is 0 Å². The Kier molecular flexibility index (Phi) is 10.5. The summed E-state index contributed by atoms with van der Waals surface area (Å²) in [5.41, 5.74) is 7.77. The Morgan fingerprint density at radius 3 is 2.32 bits per heavy atom. The van der Waals surface area contributed by atoms with Crippen molar-refractivity contribution >= 4 is 29.3 Å². The van der Waals surface area contributed by atoms with Crippen LogP contribution in [0.25, 0.3) is 11.1 Å². The van der Waals surface area contributed by atoms with Crippen molar-refractivity contribution < 1.29 is 24.1 Å². The number of nitro benzene ring substituents is 1. The highest BCUT2D eigenvalue weighted by atomic mass is 16.6. The second-order valence-corrected chi connectivity index (χ2v) is 10.6. The molecule has 41 heavy (non-hydrogen) atoms. The largest absolute Gasteiger partial charge is 0.368 e. The van der Waals surface area contributed by atoms with E-state index in [1.165, 1.54) is 17.0 Å². The highest BCUT2D eigenvalue weighted by Crippen LogP contribution is 2.25. The summed E-state index contributed by atoms with van der Waals surface area (Å²) in [6.45, 7) is 5.70. The number of rotatable bonds is 12. The van der Waals surface area contributed by atoms with Crippen LogP contribution in [0.4, 0.5) is 5.69 Å². The first-order chi connectivity index (χ1) is 19.4. The van der Waals surface area contributed by atoms with Gasteiger partial charge in [-0.2, -0.15) is 0 Å². The molecule has 0 radical (unpaired) electrons. The van der Waals surface area contributed by atoms with Gasteiger partial charge in [0, 0.05) is 25.1 Å². The molecule has 0 aliphatic carbocycles. The molecule has 0 aromatic heterocycles. The van der Waals surface area contributed by atoms with E-state index < -0.39 is 40.9 Å². The van der Waals surface area contributed by atoms with E-state index in [4.69, 9.17) is 5.73 Å². The Hall–Kier alpha value is -4.32. The van der Waals surface area contributed by atoms with Gasteiger partial charge in [0.15, 0.2) is 0 Å². The van der Waals surface area contributed by atoms with Crippen molar-refractivity contribution in [2.45, 2.75) is 64.2 Å². The molecular formula is C29H38N6O6. The van der Waals surface area contributed by atoms with Gasteiger partial charge in [0.2, 0.25) is 23.6 Å². The number of amides is 4. The third kappa shape index (κ3) is 7.88. The predicted molar refractivity (Wildman–Crippen MR) is 153 cm³/mol. The number of non-ortho nitro benzene ring substituents is 1. The zero-order valence-electron chi connectivity index (χ0n) is 23.8. The van der Waals surface area contributed by atoms with Gasteiger partial charge in [-0.25, -0.2) is 0 Å². The fourth-order valence-corrected chi connectivity index (χ4v) is 4.76. The minimum Gasteiger partial charge on any atom is -0.368 e. The molecule has 0 unspecified atom stereocenters. The van der Waals surface area contributed by atoms with E-state index in [9.17, 15) is 29.3 Å². The summed E-state index contributed by atoms with van der Waals surface area (Å²) in [5, 5.41) is 19.4. The third-order valence-corrected chi connectivity index (χ3v) is 7.34. The van der Waals surface area contributed by atoms with Crippen molar-refractivity contribution in [3.05, 3.63) is 64.2 Å². The van der Waals surface area contributed by atoms with Gasteiger partial charge in [0.05, 0.1) is 11.0 Å². The molecule has 4 amide bonds. The van der Waals surface area contributed by atoms with E-state index in [1.807, 2.05) is 13.8 Å². The van der Waals surface area contributed by atoms with Crippen LogP contribution in [0.1, 0.15) is 39.2 Å². The Balaban J connectivity index is 1.69. The fraction of sp³-hybridized carbons (Fsp3) is 0.448. The SMILES string of the molecule is CN[C@@H](C)C(=O)N[C@H](C(=O)N1CCC[C@H]1C(=O)N[C@@H](Cc1ccc(-c2cccc([N+](=O)[O-])c2)cc1)C(N)=O)C(C)C. The molecule has 3 rings (SSSR count). The Labute approximate surface area is 239 Å². The summed E-state index contributed by atoms with van der Waals surface area (Å²) >= 11 is 0. The first-order valence-electron chi connectivity index (χ1n) is 13.6. The van der Waals surface area contributed by atoms with Crippen molar-refractivity contribution in [1.82, 2.24) is 20.9 Å². The number of nitro groups is 1. The molecule has 1 aliphatic heterocycles. The van der Waals surface area contributed by atoms with E-state index in [0.717, 1.165) is 11.1 Å². The molecule has 1 aliphatic rings. The van der Waals surface area contributed by atoms with Crippen LogP contribution < -0.4 is 21.7 Å². The summed E-state index contributed by atoms with van der Waals surface area (Å²) in [4.78, 5) is 63.6. The summed E-state index contributed by atoms with van der Waals surface area (Å²) in [6, 6.07) is 10.3. The number of nitrogens with one attached hydrogen (secondary N) is 3. The number of primary amides is 1.